The molecular formula is C15H17ClN4S. The Morgan fingerprint density at radius 2 is 1.95 bits per heavy atom. The maximum absolute atomic E-state index is 6.18. The molecule has 1 aliphatic heterocycles. The molecule has 6 heteroatoms. The highest BCUT2D eigenvalue weighted by Gasteiger charge is 2.10. The molecule has 21 heavy (non-hydrogen) atoms. The van der Waals surface area contributed by atoms with E-state index in [4.69, 9.17) is 11.6 Å². The Balaban J connectivity index is 1.67. The van der Waals surface area contributed by atoms with Gasteiger partial charge in [0, 0.05) is 18.8 Å². The number of hydrazone groups is 1. The molecule has 2 heterocycles. The number of para-hydroxylation sites is 1. The molecule has 1 aromatic carbocycles. The first-order valence-corrected chi connectivity index (χ1v) is 8.28. The fourth-order valence-electron chi connectivity index (χ4n) is 2.22. The number of thiazole rings is 1. The maximum atomic E-state index is 6.18. The van der Waals surface area contributed by atoms with Crippen LogP contribution in [0.1, 0.15) is 24.1 Å². The number of nitrogens with one attached hydrogen (secondary N) is 1. The molecule has 0 saturated carbocycles. The Hall–Kier alpha value is -1.59. The summed E-state index contributed by atoms with van der Waals surface area (Å²) in [6.07, 6.45) is 5.56. The van der Waals surface area contributed by atoms with E-state index in [1.807, 2.05) is 36.5 Å². The van der Waals surface area contributed by atoms with E-state index >= 15 is 0 Å². The van der Waals surface area contributed by atoms with Crippen LogP contribution in [0.2, 0.25) is 5.15 Å². The van der Waals surface area contributed by atoms with Crippen molar-refractivity contribution < 1.29 is 0 Å². The summed E-state index contributed by atoms with van der Waals surface area (Å²) in [7, 11) is 0. The second kappa shape index (κ2) is 6.91. The zero-order valence-electron chi connectivity index (χ0n) is 11.6. The Morgan fingerprint density at radius 3 is 2.71 bits per heavy atom. The SMILES string of the molecule is Clc1nc(Nc2ccccc2)sc1/C=N/N1CCCCC1. The summed E-state index contributed by atoms with van der Waals surface area (Å²) in [6.45, 7) is 2.06. The normalized spacial score (nSPS) is 15.6. The van der Waals surface area contributed by atoms with Crippen molar-refractivity contribution in [1.29, 1.82) is 0 Å². The van der Waals surface area contributed by atoms with Gasteiger partial charge in [0.2, 0.25) is 0 Å². The fraction of sp³-hybridized carbons (Fsp3) is 0.333. The second-order valence-corrected chi connectivity index (χ2v) is 6.31. The number of anilines is 2. The molecule has 0 bridgehead atoms. The van der Waals surface area contributed by atoms with E-state index in [0.717, 1.165) is 28.8 Å². The van der Waals surface area contributed by atoms with Crippen LogP contribution in [0.4, 0.5) is 10.8 Å². The van der Waals surface area contributed by atoms with Gasteiger partial charge < -0.3 is 5.32 Å². The number of rotatable bonds is 4. The van der Waals surface area contributed by atoms with E-state index in [9.17, 15) is 0 Å². The average Bonchev–Trinajstić information content (AvgIpc) is 2.87. The Labute approximate surface area is 133 Å². The third-order valence-corrected chi connectivity index (χ3v) is 4.61. The Kier molecular flexibility index (Phi) is 4.72. The van der Waals surface area contributed by atoms with Crippen molar-refractivity contribution >= 4 is 40.0 Å². The van der Waals surface area contributed by atoms with Crippen LogP contribution >= 0.6 is 22.9 Å². The Morgan fingerprint density at radius 1 is 1.19 bits per heavy atom. The van der Waals surface area contributed by atoms with Gasteiger partial charge in [-0.25, -0.2) is 4.98 Å². The molecule has 0 radical (unpaired) electrons. The van der Waals surface area contributed by atoms with Gasteiger partial charge in [0.25, 0.3) is 0 Å². The third-order valence-electron chi connectivity index (χ3n) is 3.31. The molecule has 1 fully saturated rings. The lowest BCUT2D eigenvalue weighted by Gasteiger charge is -2.23. The van der Waals surface area contributed by atoms with E-state index in [-0.39, 0.29) is 0 Å². The summed E-state index contributed by atoms with van der Waals surface area (Å²) in [6, 6.07) is 9.94. The maximum Gasteiger partial charge on any atom is 0.189 e. The van der Waals surface area contributed by atoms with Gasteiger partial charge in [-0.05, 0) is 31.4 Å². The monoisotopic (exact) mass is 320 g/mol. The molecule has 0 unspecified atom stereocenters. The van der Waals surface area contributed by atoms with Crippen LogP contribution in [-0.2, 0) is 0 Å². The standard InChI is InChI=1S/C15H17ClN4S/c16-14-13(11-17-20-9-5-2-6-10-20)21-15(19-14)18-12-7-3-1-4-8-12/h1,3-4,7-8,11H,2,5-6,9-10H2,(H,18,19)/b17-11+. The molecule has 0 amide bonds. The predicted octanol–water partition coefficient (Wildman–Crippen LogP) is 4.36. The number of hydrogen-bond donors (Lipinski definition) is 1. The quantitative estimate of drug-likeness (QED) is 0.851. The first-order valence-electron chi connectivity index (χ1n) is 7.08. The van der Waals surface area contributed by atoms with Crippen LogP contribution in [0.5, 0.6) is 0 Å². The molecule has 1 N–H and O–H groups in total. The summed E-state index contributed by atoms with van der Waals surface area (Å²) < 4.78 is 0. The number of nitrogens with zero attached hydrogens (tertiary/aromatic N) is 3. The molecule has 110 valence electrons. The number of piperidine rings is 1. The Bertz CT molecular complexity index is 605. The van der Waals surface area contributed by atoms with E-state index in [2.05, 4.69) is 20.4 Å². The number of hydrogen-bond acceptors (Lipinski definition) is 5. The van der Waals surface area contributed by atoms with Gasteiger partial charge >= 0.3 is 0 Å². The second-order valence-electron chi connectivity index (χ2n) is 4.92. The minimum atomic E-state index is 0.499. The summed E-state index contributed by atoms with van der Waals surface area (Å²) in [5.41, 5.74) is 1.00. The molecule has 1 saturated heterocycles. The summed E-state index contributed by atoms with van der Waals surface area (Å²) in [5, 5.41) is 11.1. The smallest absolute Gasteiger partial charge is 0.189 e. The molecule has 0 atom stereocenters. The van der Waals surface area contributed by atoms with Crippen LogP contribution in [0.15, 0.2) is 35.4 Å². The van der Waals surface area contributed by atoms with Crippen molar-refractivity contribution in [3.05, 3.63) is 40.4 Å². The number of halogens is 1. The van der Waals surface area contributed by atoms with Crippen LogP contribution in [0.3, 0.4) is 0 Å². The van der Waals surface area contributed by atoms with Gasteiger partial charge in [-0.2, -0.15) is 5.10 Å². The van der Waals surface area contributed by atoms with Gasteiger partial charge in [-0.15, -0.1) is 0 Å². The van der Waals surface area contributed by atoms with Crippen molar-refractivity contribution in [1.82, 2.24) is 9.99 Å². The molecule has 0 aliphatic carbocycles. The van der Waals surface area contributed by atoms with E-state index < -0.39 is 0 Å². The van der Waals surface area contributed by atoms with Gasteiger partial charge in [0.05, 0.1) is 11.1 Å². The number of benzene rings is 1. The minimum Gasteiger partial charge on any atom is -0.331 e. The number of aromatic nitrogens is 1. The van der Waals surface area contributed by atoms with Crippen molar-refractivity contribution in [2.75, 3.05) is 18.4 Å². The largest absolute Gasteiger partial charge is 0.331 e. The summed E-state index contributed by atoms with van der Waals surface area (Å²) in [5.74, 6) is 0. The van der Waals surface area contributed by atoms with Crippen molar-refractivity contribution in [3.63, 3.8) is 0 Å². The van der Waals surface area contributed by atoms with Crippen LogP contribution in [0, 0.1) is 0 Å². The van der Waals surface area contributed by atoms with Crippen molar-refractivity contribution in [2.45, 2.75) is 19.3 Å². The topological polar surface area (TPSA) is 40.5 Å². The molecule has 3 rings (SSSR count). The highest BCUT2D eigenvalue weighted by molar-refractivity contribution is 7.17. The highest BCUT2D eigenvalue weighted by Crippen LogP contribution is 2.28. The first-order chi connectivity index (χ1) is 10.3. The summed E-state index contributed by atoms with van der Waals surface area (Å²) in [4.78, 5) is 5.22. The molecule has 1 aromatic heterocycles. The van der Waals surface area contributed by atoms with Crippen molar-refractivity contribution in [2.24, 2.45) is 5.10 Å². The zero-order valence-corrected chi connectivity index (χ0v) is 13.2. The third kappa shape index (κ3) is 3.95. The van der Waals surface area contributed by atoms with Gasteiger partial charge in [0.15, 0.2) is 10.3 Å². The lowest BCUT2D eigenvalue weighted by atomic mass is 10.2. The van der Waals surface area contributed by atoms with Crippen LogP contribution in [-0.4, -0.2) is 29.3 Å². The molecule has 2 aromatic rings. The molecule has 1 aliphatic rings. The van der Waals surface area contributed by atoms with E-state index in [1.54, 1.807) is 0 Å². The van der Waals surface area contributed by atoms with Crippen molar-refractivity contribution in [3.8, 4) is 0 Å². The lowest BCUT2D eigenvalue weighted by Crippen LogP contribution is -2.24. The zero-order chi connectivity index (χ0) is 14.5. The summed E-state index contributed by atoms with van der Waals surface area (Å²) >= 11 is 7.69. The van der Waals surface area contributed by atoms with Gasteiger partial charge in [-0.1, -0.05) is 41.1 Å². The minimum absolute atomic E-state index is 0.499. The molecule has 0 spiro atoms. The van der Waals surface area contributed by atoms with Gasteiger partial charge in [0.1, 0.15) is 0 Å². The van der Waals surface area contributed by atoms with Crippen LogP contribution < -0.4 is 5.32 Å². The van der Waals surface area contributed by atoms with Gasteiger partial charge in [-0.3, -0.25) is 5.01 Å². The fourth-order valence-corrected chi connectivity index (χ4v) is 3.26. The lowest BCUT2D eigenvalue weighted by molar-refractivity contribution is 0.240. The van der Waals surface area contributed by atoms with E-state index in [0.29, 0.717) is 5.15 Å². The molecular weight excluding hydrogens is 304 g/mol. The average molecular weight is 321 g/mol. The predicted molar refractivity (Wildman–Crippen MR) is 89.9 cm³/mol. The first kappa shape index (κ1) is 14.4. The highest BCUT2D eigenvalue weighted by atomic mass is 35.5. The van der Waals surface area contributed by atoms with Crippen LogP contribution in [0.25, 0.3) is 0 Å². The van der Waals surface area contributed by atoms with E-state index in [1.165, 1.54) is 30.6 Å². The molecule has 4 nitrogen and oxygen atoms in total.